The molecule has 16 heavy (non-hydrogen) atoms. The van der Waals surface area contributed by atoms with Gasteiger partial charge in [0.25, 0.3) is 0 Å². The molecule has 3 unspecified atom stereocenters. The molecule has 2 nitrogen and oxygen atoms in total. The minimum atomic E-state index is -0.364. The summed E-state index contributed by atoms with van der Waals surface area (Å²) in [5.74, 6) is 5.39. The van der Waals surface area contributed by atoms with Crippen LogP contribution >= 0.6 is 0 Å². The number of hydrogen-bond donors (Lipinski definition) is 0. The van der Waals surface area contributed by atoms with Crippen molar-refractivity contribution in [2.24, 2.45) is 16.7 Å². The Morgan fingerprint density at radius 2 is 2.06 bits per heavy atom. The van der Waals surface area contributed by atoms with Crippen molar-refractivity contribution >= 4 is 5.97 Å². The molecule has 0 saturated heterocycles. The van der Waals surface area contributed by atoms with E-state index in [1.807, 2.05) is 0 Å². The standard InChI is InChI=1S/C14H20O2/c1-5-6-12(15)16-11-9-10-7-8-14(11,4)13(10,2)3/h10-11H,7-9H2,1-4H3. The van der Waals surface area contributed by atoms with Gasteiger partial charge in [0, 0.05) is 11.3 Å². The Balaban J connectivity index is 2.15. The van der Waals surface area contributed by atoms with Gasteiger partial charge in [-0.3, -0.25) is 0 Å². The highest BCUT2D eigenvalue weighted by Gasteiger charge is 2.62. The van der Waals surface area contributed by atoms with Gasteiger partial charge in [-0.1, -0.05) is 26.7 Å². The van der Waals surface area contributed by atoms with Crippen LogP contribution in [0.4, 0.5) is 0 Å². The van der Waals surface area contributed by atoms with Crippen LogP contribution in [0, 0.1) is 28.6 Å². The Hall–Kier alpha value is -0.970. The molecule has 2 aliphatic carbocycles. The van der Waals surface area contributed by atoms with Gasteiger partial charge < -0.3 is 4.74 Å². The summed E-state index contributed by atoms with van der Waals surface area (Å²) in [6.07, 6.45) is 3.52. The van der Waals surface area contributed by atoms with Crippen LogP contribution in [0.25, 0.3) is 0 Å². The average molecular weight is 220 g/mol. The van der Waals surface area contributed by atoms with E-state index in [1.165, 1.54) is 12.8 Å². The molecule has 0 aromatic rings. The molecule has 2 heteroatoms. The first kappa shape index (κ1) is 11.5. The molecule has 88 valence electrons. The normalized spacial score (nSPS) is 39.0. The number of ether oxygens (including phenoxy) is 1. The van der Waals surface area contributed by atoms with Gasteiger partial charge in [0.15, 0.2) is 0 Å². The molecular formula is C14H20O2. The van der Waals surface area contributed by atoms with E-state index in [1.54, 1.807) is 6.92 Å². The number of hydrogen-bond acceptors (Lipinski definition) is 2. The molecule has 0 N–H and O–H groups in total. The fourth-order valence-electron chi connectivity index (χ4n) is 3.57. The lowest BCUT2D eigenvalue weighted by Crippen LogP contribution is -2.38. The number of esters is 1. The molecule has 2 saturated carbocycles. The van der Waals surface area contributed by atoms with Crippen molar-refractivity contribution in [3.8, 4) is 11.8 Å². The summed E-state index contributed by atoms with van der Waals surface area (Å²) in [5, 5.41) is 0. The van der Waals surface area contributed by atoms with E-state index in [0.717, 1.165) is 6.42 Å². The van der Waals surface area contributed by atoms with E-state index >= 15 is 0 Å². The van der Waals surface area contributed by atoms with Crippen LogP contribution in [-0.4, -0.2) is 12.1 Å². The summed E-state index contributed by atoms with van der Waals surface area (Å²) in [4.78, 5) is 11.4. The van der Waals surface area contributed by atoms with Gasteiger partial charge in [-0.05, 0) is 37.5 Å². The molecule has 3 atom stereocenters. The van der Waals surface area contributed by atoms with E-state index < -0.39 is 0 Å². The molecule has 2 aliphatic rings. The maximum atomic E-state index is 11.4. The lowest BCUT2D eigenvalue weighted by Gasteiger charge is -2.38. The number of rotatable bonds is 1. The Morgan fingerprint density at radius 3 is 2.50 bits per heavy atom. The number of carbonyl (C=O) groups excluding carboxylic acids is 1. The van der Waals surface area contributed by atoms with Crippen molar-refractivity contribution in [1.82, 2.24) is 0 Å². The van der Waals surface area contributed by atoms with Gasteiger partial charge in [0.2, 0.25) is 0 Å². The fourth-order valence-corrected chi connectivity index (χ4v) is 3.57. The average Bonchev–Trinajstić information content (AvgIpc) is 2.51. The molecule has 0 aromatic carbocycles. The van der Waals surface area contributed by atoms with Gasteiger partial charge in [0.1, 0.15) is 6.10 Å². The zero-order chi connectivity index (χ0) is 12.0. The van der Waals surface area contributed by atoms with Crippen LogP contribution in [0.2, 0.25) is 0 Å². The molecule has 0 heterocycles. The SMILES string of the molecule is CC#CC(=O)OC1CC2CCC1(C)C2(C)C. The Labute approximate surface area is 97.7 Å². The first-order valence-corrected chi connectivity index (χ1v) is 6.05. The van der Waals surface area contributed by atoms with Crippen molar-refractivity contribution in [2.75, 3.05) is 0 Å². The second kappa shape index (κ2) is 3.52. The van der Waals surface area contributed by atoms with E-state index in [4.69, 9.17) is 4.74 Å². The van der Waals surface area contributed by atoms with Crippen LogP contribution < -0.4 is 0 Å². The Kier molecular flexibility index (Phi) is 2.53. The maximum absolute atomic E-state index is 11.4. The lowest BCUT2D eigenvalue weighted by atomic mass is 9.70. The predicted octanol–water partition coefficient (Wildman–Crippen LogP) is 2.77. The summed E-state index contributed by atoms with van der Waals surface area (Å²) < 4.78 is 5.51. The molecule has 2 fully saturated rings. The van der Waals surface area contributed by atoms with Crippen molar-refractivity contribution < 1.29 is 9.53 Å². The smallest absolute Gasteiger partial charge is 0.384 e. The van der Waals surface area contributed by atoms with Crippen LogP contribution in [0.5, 0.6) is 0 Å². The monoisotopic (exact) mass is 220 g/mol. The van der Waals surface area contributed by atoms with Crippen LogP contribution in [0.15, 0.2) is 0 Å². The van der Waals surface area contributed by atoms with Gasteiger partial charge in [-0.15, -0.1) is 0 Å². The third-order valence-electron chi connectivity index (χ3n) is 5.19. The summed E-state index contributed by atoms with van der Waals surface area (Å²) in [6, 6.07) is 0. The third kappa shape index (κ3) is 1.38. The summed E-state index contributed by atoms with van der Waals surface area (Å²) in [7, 11) is 0. The highest BCUT2D eigenvalue weighted by atomic mass is 16.5. The molecule has 0 aliphatic heterocycles. The fraction of sp³-hybridized carbons (Fsp3) is 0.786. The molecule has 0 spiro atoms. The van der Waals surface area contributed by atoms with E-state index in [0.29, 0.717) is 5.92 Å². The molecule has 0 radical (unpaired) electrons. The zero-order valence-corrected chi connectivity index (χ0v) is 10.6. The van der Waals surface area contributed by atoms with E-state index in [-0.39, 0.29) is 22.9 Å². The summed E-state index contributed by atoms with van der Waals surface area (Å²) in [5.41, 5.74) is 0.431. The Morgan fingerprint density at radius 1 is 1.38 bits per heavy atom. The van der Waals surface area contributed by atoms with Gasteiger partial charge in [-0.25, -0.2) is 4.79 Å². The van der Waals surface area contributed by atoms with E-state index in [9.17, 15) is 4.79 Å². The third-order valence-corrected chi connectivity index (χ3v) is 5.19. The molecule has 0 aromatic heterocycles. The topological polar surface area (TPSA) is 26.3 Å². The van der Waals surface area contributed by atoms with Crippen molar-refractivity contribution in [3.05, 3.63) is 0 Å². The van der Waals surface area contributed by atoms with Crippen molar-refractivity contribution in [1.29, 1.82) is 0 Å². The van der Waals surface area contributed by atoms with Gasteiger partial charge in [-0.2, -0.15) is 0 Å². The number of carbonyl (C=O) groups is 1. The maximum Gasteiger partial charge on any atom is 0.384 e. The first-order chi connectivity index (χ1) is 7.41. The second-order valence-electron chi connectivity index (χ2n) is 5.88. The number of fused-ring (bicyclic) bond motifs is 2. The Bertz CT molecular complexity index is 372. The lowest BCUT2D eigenvalue weighted by molar-refractivity contribution is -0.149. The van der Waals surface area contributed by atoms with Crippen molar-refractivity contribution in [3.63, 3.8) is 0 Å². The van der Waals surface area contributed by atoms with Crippen LogP contribution in [0.1, 0.15) is 47.0 Å². The second-order valence-corrected chi connectivity index (χ2v) is 5.88. The van der Waals surface area contributed by atoms with E-state index in [2.05, 4.69) is 32.6 Å². The van der Waals surface area contributed by atoms with Crippen molar-refractivity contribution in [2.45, 2.75) is 53.1 Å². The molecular weight excluding hydrogens is 200 g/mol. The summed E-state index contributed by atoms with van der Waals surface area (Å²) >= 11 is 0. The van der Waals surface area contributed by atoms with Crippen LogP contribution in [-0.2, 0) is 9.53 Å². The summed E-state index contributed by atoms with van der Waals surface area (Å²) in [6.45, 7) is 8.54. The molecule has 2 rings (SSSR count). The minimum Gasteiger partial charge on any atom is -0.452 e. The predicted molar refractivity (Wildman–Crippen MR) is 62.6 cm³/mol. The highest BCUT2D eigenvalue weighted by Crippen LogP contribution is 2.66. The molecule has 0 amide bonds. The zero-order valence-electron chi connectivity index (χ0n) is 10.6. The van der Waals surface area contributed by atoms with Crippen LogP contribution in [0.3, 0.4) is 0 Å². The van der Waals surface area contributed by atoms with Gasteiger partial charge in [0.05, 0.1) is 0 Å². The minimum absolute atomic E-state index is 0.0644. The largest absolute Gasteiger partial charge is 0.452 e. The quantitative estimate of drug-likeness (QED) is 0.386. The van der Waals surface area contributed by atoms with Gasteiger partial charge >= 0.3 is 5.97 Å². The first-order valence-electron chi connectivity index (χ1n) is 6.05. The molecule has 2 bridgehead atoms. The highest BCUT2D eigenvalue weighted by molar-refractivity contribution is 5.88.